The molecule has 1 fully saturated rings. The Labute approximate surface area is 159 Å². The van der Waals surface area contributed by atoms with Gasteiger partial charge in [-0.3, -0.25) is 4.98 Å². The van der Waals surface area contributed by atoms with Crippen LogP contribution >= 0.6 is 0 Å². The highest BCUT2D eigenvalue weighted by atomic mass is 15.4. The van der Waals surface area contributed by atoms with E-state index in [1.165, 1.54) is 24.1 Å². The lowest BCUT2D eigenvalue weighted by Gasteiger charge is -2.16. The molecule has 0 radical (unpaired) electrons. The number of hydrogen-bond donors (Lipinski definition) is 2. The Morgan fingerprint density at radius 1 is 1.22 bits per heavy atom. The minimum atomic E-state index is 0.374. The van der Waals surface area contributed by atoms with Crippen LogP contribution in [0.25, 0.3) is 5.65 Å². The number of hydrogen-bond acceptors (Lipinski definition) is 6. The molecule has 7 nitrogen and oxygen atoms in total. The minimum Gasteiger partial charge on any atom is -0.366 e. The molecule has 1 aliphatic rings. The van der Waals surface area contributed by atoms with Crippen molar-refractivity contribution in [1.29, 1.82) is 0 Å². The molecule has 27 heavy (non-hydrogen) atoms. The fourth-order valence-electron chi connectivity index (χ4n) is 3.28. The summed E-state index contributed by atoms with van der Waals surface area (Å²) in [4.78, 5) is 13.5. The van der Waals surface area contributed by atoms with Crippen LogP contribution in [0.1, 0.15) is 56.7 Å². The van der Waals surface area contributed by atoms with E-state index >= 15 is 0 Å². The van der Waals surface area contributed by atoms with Gasteiger partial charge in [0.1, 0.15) is 0 Å². The largest absolute Gasteiger partial charge is 0.366 e. The van der Waals surface area contributed by atoms with Gasteiger partial charge < -0.3 is 10.6 Å². The van der Waals surface area contributed by atoms with E-state index in [0.29, 0.717) is 17.9 Å². The second-order valence-corrected chi connectivity index (χ2v) is 7.17. The molecule has 0 aromatic carbocycles. The average molecular weight is 365 g/mol. The van der Waals surface area contributed by atoms with Gasteiger partial charge in [0.25, 0.3) is 0 Å². The van der Waals surface area contributed by atoms with E-state index in [4.69, 9.17) is 10.1 Å². The van der Waals surface area contributed by atoms with Crippen LogP contribution in [-0.4, -0.2) is 37.2 Å². The van der Waals surface area contributed by atoms with Gasteiger partial charge in [0.15, 0.2) is 11.5 Å². The lowest BCUT2D eigenvalue weighted by Crippen LogP contribution is -2.21. The van der Waals surface area contributed by atoms with E-state index in [1.807, 2.05) is 23.0 Å². The molecule has 0 unspecified atom stereocenters. The summed E-state index contributed by atoms with van der Waals surface area (Å²) >= 11 is 0. The summed E-state index contributed by atoms with van der Waals surface area (Å²) in [6.45, 7) is 5.13. The first-order valence-electron chi connectivity index (χ1n) is 9.93. The van der Waals surface area contributed by atoms with Crippen molar-refractivity contribution in [2.75, 3.05) is 17.2 Å². The number of aromatic nitrogens is 5. The Morgan fingerprint density at radius 2 is 2.07 bits per heavy atom. The molecule has 4 rings (SSSR count). The third kappa shape index (κ3) is 4.02. The van der Waals surface area contributed by atoms with E-state index in [1.54, 1.807) is 6.20 Å². The Morgan fingerprint density at radius 3 is 2.78 bits per heavy atom. The summed E-state index contributed by atoms with van der Waals surface area (Å²) in [6.07, 6.45) is 11.1. The molecule has 1 saturated carbocycles. The Hall–Kier alpha value is -2.70. The Kier molecular flexibility index (Phi) is 5.18. The summed E-state index contributed by atoms with van der Waals surface area (Å²) in [7, 11) is 0. The number of nitrogens with one attached hydrogen (secondary N) is 2. The summed E-state index contributed by atoms with van der Waals surface area (Å²) < 4.78 is 1.97. The van der Waals surface area contributed by atoms with Crippen LogP contribution < -0.4 is 10.6 Å². The molecule has 3 aromatic rings. The van der Waals surface area contributed by atoms with E-state index in [0.717, 1.165) is 37.3 Å². The van der Waals surface area contributed by atoms with Crippen LogP contribution in [0.4, 0.5) is 11.8 Å². The van der Waals surface area contributed by atoms with E-state index in [9.17, 15) is 0 Å². The van der Waals surface area contributed by atoms with Gasteiger partial charge >= 0.3 is 0 Å². The van der Waals surface area contributed by atoms with E-state index in [-0.39, 0.29) is 0 Å². The number of nitrogens with zero attached hydrogens (tertiary/aromatic N) is 5. The monoisotopic (exact) mass is 365 g/mol. The maximum absolute atomic E-state index is 4.74. The highest BCUT2D eigenvalue weighted by Crippen LogP contribution is 2.40. The maximum atomic E-state index is 4.74. The molecule has 0 amide bonds. The average Bonchev–Trinajstić information content (AvgIpc) is 3.46. The van der Waals surface area contributed by atoms with Crippen molar-refractivity contribution in [3.63, 3.8) is 0 Å². The zero-order valence-corrected chi connectivity index (χ0v) is 16.0. The molecule has 0 spiro atoms. The lowest BCUT2D eigenvalue weighted by atomic mass is 10.2. The van der Waals surface area contributed by atoms with Crippen LogP contribution in [0.15, 0.2) is 30.7 Å². The molecular weight excluding hydrogens is 338 g/mol. The van der Waals surface area contributed by atoms with Crippen molar-refractivity contribution in [2.45, 2.75) is 57.9 Å². The van der Waals surface area contributed by atoms with Crippen LogP contribution in [0.2, 0.25) is 0 Å². The Balaban J connectivity index is 1.59. The summed E-state index contributed by atoms with van der Waals surface area (Å²) in [5, 5.41) is 11.7. The Bertz CT molecular complexity index is 882. The first-order valence-corrected chi connectivity index (χ1v) is 9.93. The number of fused-ring (bicyclic) bond motifs is 1. The first kappa shape index (κ1) is 17.7. The number of rotatable bonds is 9. The molecule has 0 saturated heterocycles. The van der Waals surface area contributed by atoms with Crippen molar-refractivity contribution >= 4 is 17.4 Å². The molecule has 0 atom stereocenters. The molecule has 7 heteroatoms. The summed E-state index contributed by atoms with van der Waals surface area (Å²) in [5.41, 5.74) is 3.20. The van der Waals surface area contributed by atoms with Crippen LogP contribution in [0, 0.1) is 0 Å². The van der Waals surface area contributed by atoms with Crippen molar-refractivity contribution in [2.24, 2.45) is 0 Å². The second-order valence-electron chi connectivity index (χ2n) is 7.17. The third-order valence-electron chi connectivity index (χ3n) is 5.13. The SMILES string of the molecule is CCC(CC)Nc1nc(NCCc2cccnc2)c2ncc(C3CC3)n2n1. The minimum absolute atomic E-state index is 0.374. The highest BCUT2D eigenvalue weighted by molar-refractivity contribution is 5.64. The zero-order chi connectivity index (χ0) is 18.6. The van der Waals surface area contributed by atoms with Crippen molar-refractivity contribution < 1.29 is 0 Å². The molecule has 3 aromatic heterocycles. The van der Waals surface area contributed by atoms with Gasteiger partial charge in [-0.05, 0) is 43.7 Å². The summed E-state index contributed by atoms with van der Waals surface area (Å²) in [5.74, 6) is 2.04. The number of pyridine rings is 1. The molecule has 142 valence electrons. The molecule has 3 heterocycles. The first-order chi connectivity index (χ1) is 13.3. The van der Waals surface area contributed by atoms with E-state index in [2.05, 4.69) is 40.5 Å². The van der Waals surface area contributed by atoms with Crippen LogP contribution in [0.5, 0.6) is 0 Å². The van der Waals surface area contributed by atoms with Crippen molar-refractivity contribution in [1.82, 2.24) is 24.6 Å². The standard InChI is InChI=1S/C20H27N7/c1-3-16(4-2)24-20-25-18(22-11-9-14-6-5-10-21-12-14)19-23-13-17(15-7-8-15)27(19)26-20/h5-6,10,12-13,15-16H,3-4,7-9,11H2,1-2H3,(H2,22,24,25,26). The number of imidazole rings is 1. The smallest absolute Gasteiger partial charge is 0.243 e. The summed E-state index contributed by atoms with van der Waals surface area (Å²) in [6, 6.07) is 4.43. The molecule has 0 bridgehead atoms. The lowest BCUT2D eigenvalue weighted by molar-refractivity contribution is 0.659. The molecule has 2 N–H and O–H groups in total. The number of anilines is 2. The van der Waals surface area contributed by atoms with Crippen LogP contribution in [-0.2, 0) is 6.42 Å². The van der Waals surface area contributed by atoms with Gasteiger partial charge in [-0.1, -0.05) is 19.9 Å². The van der Waals surface area contributed by atoms with Gasteiger partial charge in [-0.25, -0.2) is 9.50 Å². The zero-order valence-electron chi connectivity index (χ0n) is 16.0. The predicted molar refractivity (Wildman–Crippen MR) is 107 cm³/mol. The van der Waals surface area contributed by atoms with Crippen molar-refractivity contribution in [3.8, 4) is 0 Å². The van der Waals surface area contributed by atoms with Gasteiger partial charge in [-0.2, -0.15) is 4.98 Å². The molecule has 1 aliphatic carbocycles. The quantitative estimate of drug-likeness (QED) is 0.602. The fourth-order valence-corrected chi connectivity index (χ4v) is 3.28. The third-order valence-corrected chi connectivity index (χ3v) is 5.13. The van der Waals surface area contributed by atoms with Gasteiger partial charge in [0, 0.05) is 30.9 Å². The van der Waals surface area contributed by atoms with E-state index < -0.39 is 0 Å². The normalized spacial score (nSPS) is 14.0. The van der Waals surface area contributed by atoms with Crippen molar-refractivity contribution in [3.05, 3.63) is 42.0 Å². The van der Waals surface area contributed by atoms with Gasteiger partial charge in [0.2, 0.25) is 5.95 Å². The van der Waals surface area contributed by atoms with Crippen LogP contribution in [0.3, 0.4) is 0 Å². The second kappa shape index (κ2) is 7.90. The molecule has 0 aliphatic heterocycles. The maximum Gasteiger partial charge on any atom is 0.243 e. The van der Waals surface area contributed by atoms with Gasteiger partial charge in [0.05, 0.1) is 11.9 Å². The topological polar surface area (TPSA) is 80.0 Å². The van der Waals surface area contributed by atoms with Gasteiger partial charge in [-0.15, -0.1) is 5.10 Å². The highest BCUT2D eigenvalue weighted by Gasteiger charge is 2.28. The molecular formula is C20H27N7. The fraction of sp³-hybridized carbons (Fsp3) is 0.500. The predicted octanol–water partition coefficient (Wildman–Crippen LogP) is 3.65.